The third-order valence-corrected chi connectivity index (χ3v) is 5.26. The number of rotatable bonds is 3. The van der Waals surface area contributed by atoms with E-state index in [4.69, 9.17) is 19.7 Å². The monoisotopic (exact) mass is 434 g/mol. The van der Waals surface area contributed by atoms with E-state index in [1.807, 2.05) is 39.0 Å². The molecule has 0 saturated carbocycles. The molecule has 1 fully saturated rings. The number of carboxylic acids is 2. The Labute approximate surface area is 181 Å². The predicted molar refractivity (Wildman–Crippen MR) is 115 cm³/mol. The van der Waals surface area contributed by atoms with E-state index < -0.39 is 23.7 Å². The van der Waals surface area contributed by atoms with Crippen molar-refractivity contribution in [2.24, 2.45) is 0 Å². The normalized spacial score (nSPS) is 22.4. The fourth-order valence-corrected chi connectivity index (χ4v) is 4.13. The predicted octanol–water partition coefficient (Wildman–Crippen LogP) is 3.08. The molecule has 170 valence electrons. The first kappa shape index (κ1) is 24.2. The first-order valence-corrected chi connectivity index (χ1v) is 9.87. The first-order chi connectivity index (χ1) is 14.2. The fraction of sp³-hybridized carbons (Fsp3) is 0.500. The summed E-state index contributed by atoms with van der Waals surface area (Å²) in [7, 11) is 4.29. The zero-order valence-electron chi connectivity index (χ0n) is 18.7. The maximum Gasteiger partial charge on any atom is 0.514 e. The summed E-state index contributed by atoms with van der Waals surface area (Å²) in [6.07, 6.45) is 1.91. The Morgan fingerprint density at radius 3 is 2.23 bits per heavy atom. The van der Waals surface area contributed by atoms with Crippen molar-refractivity contribution in [2.75, 3.05) is 25.5 Å². The summed E-state index contributed by atoms with van der Waals surface area (Å²) in [6.45, 7) is 8.84. The Morgan fingerprint density at radius 2 is 1.71 bits per heavy atom. The fourth-order valence-electron chi connectivity index (χ4n) is 4.13. The van der Waals surface area contributed by atoms with Crippen LogP contribution in [0.2, 0.25) is 0 Å². The Bertz CT molecular complexity index is 874. The highest BCUT2D eigenvalue weighted by Crippen LogP contribution is 2.51. The van der Waals surface area contributed by atoms with E-state index in [0.29, 0.717) is 24.1 Å². The van der Waals surface area contributed by atoms with E-state index in [0.717, 1.165) is 13.0 Å². The topological polar surface area (TPSA) is 117 Å². The van der Waals surface area contributed by atoms with E-state index in [9.17, 15) is 14.4 Å². The molecule has 0 aromatic heterocycles. The molecule has 2 aliphatic heterocycles. The zero-order chi connectivity index (χ0) is 23.6. The van der Waals surface area contributed by atoms with Gasteiger partial charge in [0.25, 0.3) is 0 Å². The van der Waals surface area contributed by atoms with Crippen molar-refractivity contribution in [1.29, 1.82) is 0 Å². The highest BCUT2D eigenvalue weighted by Gasteiger charge is 2.52. The van der Waals surface area contributed by atoms with Gasteiger partial charge < -0.3 is 24.6 Å². The lowest BCUT2D eigenvalue weighted by Crippen LogP contribution is -2.45. The largest absolute Gasteiger partial charge is 0.514 e. The van der Waals surface area contributed by atoms with Crippen LogP contribution < -0.4 is 9.64 Å². The Hall–Kier alpha value is -3.07. The molecule has 31 heavy (non-hydrogen) atoms. The van der Waals surface area contributed by atoms with Crippen LogP contribution in [0.3, 0.4) is 0 Å². The van der Waals surface area contributed by atoms with Crippen LogP contribution in [0.15, 0.2) is 30.4 Å². The van der Waals surface area contributed by atoms with E-state index in [1.165, 1.54) is 11.3 Å². The summed E-state index contributed by atoms with van der Waals surface area (Å²) in [4.78, 5) is 35.7. The Balaban J connectivity index is 0.000000366. The molecule has 1 saturated heterocycles. The molecule has 0 unspecified atom stereocenters. The van der Waals surface area contributed by atoms with Gasteiger partial charge in [0, 0.05) is 36.8 Å². The molecule has 0 spiro atoms. The van der Waals surface area contributed by atoms with Crippen molar-refractivity contribution in [3.8, 4) is 5.75 Å². The summed E-state index contributed by atoms with van der Waals surface area (Å²) < 4.78 is 10.6. The van der Waals surface area contributed by atoms with Gasteiger partial charge in [-0.3, -0.25) is 4.90 Å². The van der Waals surface area contributed by atoms with Crippen LogP contribution in [0.25, 0.3) is 0 Å². The van der Waals surface area contributed by atoms with Gasteiger partial charge in [-0.15, -0.1) is 0 Å². The molecule has 0 radical (unpaired) electrons. The minimum Gasteiger partial charge on any atom is -0.478 e. The molecular formula is C22H30N2O7. The lowest BCUT2D eigenvalue weighted by Gasteiger charge is -2.32. The molecule has 9 heteroatoms. The Kier molecular flexibility index (Phi) is 7.00. The molecule has 9 nitrogen and oxygen atoms in total. The van der Waals surface area contributed by atoms with Gasteiger partial charge in [-0.25, -0.2) is 14.4 Å². The lowest BCUT2D eigenvalue weighted by molar-refractivity contribution is -0.134. The molecule has 3 rings (SSSR count). The molecule has 2 heterocycles. The van der Waals surface area contributed by atoms with Crippen molar-refractivity contribution < 1.29 is 34.1 Å². The van der Waals surface area contributed by atoms with Crippen LogP contribution >= 0.6 is 0 Å². The van der Waals surface area contributed by atoms with Crippen LogP contribution in [0.4, 0.5) is 10.5 Å². The first-order valence-electron chi connectivity index (χ1n) is 9.87. The van der Waals surface area contributed by atoms with Crippen LogP contribution in [-0.2, 0) is 19.7 Å². The van der Waals surface area contributed by atoms with Crippen molar-refractivity contribution in [3.63, 3.8) is 0 Å². The highest BCUT2D eigenvalue weighted by atomic mass is 16.7. The smallest absolute Gasteiger partial charge is 0.478 e. The molecule has 1 aromatic rings. The van der Waals surface area contributed by atoms with Crippen molar-refractivity contribution in [3.05, 3.63) is 35.9 Å². The van der Waals surface area contributed by atoms with E-state index in [1.54, 1.807) is 0 Å². The number of carboxylic acid groups (broad SMARTS) is 2. The number of anilines is 1. The lowest BCUT2D eigenvalue weighted by atomic mass is 9.81. The third kappa shape index (κ3) is 5.75. The number of carbonyl (C=O) groups excluding carboxylic acids is 1. The van der Waals surface area contributed by atoms with Crippen LogP contribution in [-0.4, -0.2) is 65.6 Å². The molecular weight excluding hydrogens is 404 g/mol. The zero-order valence-corrected chi connectivity index (χ0v) is 18.7. The maximum atomic E-state index is 11.9. The second-order valence-electron chi connectivity index (χ2n) is 8.89. The summed E-state index contributed by atoms with van der Waals surface area (Å²) in [5.41, 5.74) is 1.96. The molecule has 2 atom stereocenters. The third-order valence-electron chi connectivity index (χ3n) is 5.26. The Morgan fingerprint density at radius 1 is 1.13 bits per heavy atom. The van der Waals surface area contributed by atoms with Crippen LogP contribution in [0, 0.1) is 0 Å². The van der Waals surface area contributed by atoms with Gasteiger partial charge in [0.1, 0.15) is 11.4 Å². The molecule has 0 bridgehead atoms. The van der Waals surface area contributed by atoms with Gasteiger partial charge in [-0.1, -0.05) is 6.92 Å². The van der Waals surface area contributed by atoms with Crippen molar-refractivity contribution >= 4 is 23.8 Å². The number of carbonyl (C=O) groups is 3. The second-order valence-corrected chi connectivity index (χ2v) is 8.89. The molecule has 0 aliphatic carbocycles. The summed E-state index contributed by atoms with van der Waals surface area (Å²) in [6, 6.07) is 5.87. The summed E-state index contributed by atoms with van der Waals surface area (Å²) >= 11 is 0. The maximum absolute atomic E-state index is 11.9. The summed E-state index contributed by atoms with van der Waals surface area (Å²) in [5, 5.41) is 15.6. The van der Waals surface area contributed by atoms with Crippen molar-refractivity contribution in [1.82, 2.24) is 4.90 Å². The number of hydrogen-bond donors (Lipinski definition) is 2. The number of likely N-dealkylation sites (N-methyl/N-ethyl adjacent to an activating group) is 2. The van der Waals surface area contributed by atoms with Crippen LogP contribution in [0.1, 0.15) is 39.7 Å². The van der Waals surface area contributed by atoms with Gasteiger partial charge in [-0.2, -0.15) is 0 Å². The average Bonchev–Trinajstić information content (AvgIpc) is 3.04. The number of benzene rings is 1. The molecule has 2 aliphatic rings. The van der Waals surface area contributed by atoms with E-state index >= 15 is 0 Å². The average molecular weight is 434 g/mol. The standard InChI is InChI=1S/C18H26N2O3.C4H4O4/c1-17(2,3)23-16(21)22-12-7-8-14-13(11-12)18(4)9-10-19(5)15(18)20(14)6;5-3(6)1-2-4(7)8/h7-8,11,15H,9-10H2,1-6H3;1-2H,(H,5,6)(H,7,8)/b;2-1+/t15-,18+;/m1./s1. The van der Waals surface area contributed by atoms with Gasteiger partial charge in [0.2, 0.25) is 0 Å². The molecule has 0 amide bonds. The number of nitrogens with zero attached hydrogens (tertiary/aromatic N) is 2. The second kappa shape index (κ2) is 8.97. The summed E-state index contributed by atoms with van der Waals surface area (Å²) in [5.74, 6) is -1.97. The minimum atomic E-state index is -1.26. The SMILES string of the molecule is CN1CC[C@@]2(C)c3cc(OC(=O)OC(C)(C)C)ccc3N(C)[C@@H]12.O=C(O)/C=C/C(=O)O. The number of aliphatic carboxylic acids is 2. The van der Waals surface area contributed by atoms with Gasteiger partial charge in [0.15, 0.2) is 0 Å². The van der Waals surface area contributed by atoms with Gasteiger partial charge in [0.05, 0.1) is 6.17 Å². The van der Waals surface area contributed by atoms with Crippen LogP contribution in [0.5, 0.6) is 5.75 Å². The van der Waals surface area contributed by atoms with E-state index in [2.05, 4.69) is 30.8 Å². The van der Waals surface area contributed by atoms with Gasteiger partial charge >= 0.3 is 18.1 Å². The van der Waals surface area contributed by atoms with Gasteiger partial charge in [-0.05, 0) is 58.0 Å². The number of fused-ring (bicyclic) bond motifs is 3. The quantitative estimate of drug-likeness (QED) is 0.420. The number of likely N-dealkylation sites (tertiary alicyclic amines) is 1. The number of hydrogen-bond acceptors (Lipinski definition) is 7. The van der Waals surface area contributed by atoms with Crippen molar-refractivity contribution in [2.45, 2.75) is 51.3 Å². The minimum absolute atomic E-state index is 0.0616. The molecule has 1 aromatic carbocycles. The highest BCUT2D eigenvalue weighted by molar-refractivity contribution is 5.89. The van der Waals surface area contributed by atoms with E-state index in [-0.39, 0.29) is 5.41 Å². The molecule has 2 N–H and O–H groups in total. The number of ether oxygens (including phenoxy) is 2.